The van der Waals surface area contributed by atoms with E-state index in [1.807, 2.05) is 37.6 Å². The third kappa shape index (κ3) is 2.87. The van der Waals surface area contributed by atoms with Gasteiger partial charge in [-0.2, -0.15) is 5.10 Å². The molecule has 2 N–H and O–H groups in total. The van der Waals surface area contributed by atoms with E-state index in [1.54, 1.807) is 16.4 Å². The van der Waals surface area contributed by atoms with E-state index >= 15 is 0 Å². The molecule has 0 fully saturated rings. The van der Waals surface area contributed by atoms with Crippen molar-refractivity contribution < 1.29 is 0 Å². The van der Waals surface area contributed by atoms with Crippen LogP contribution in [0.3, 0.4) is 0 Å². The Bertz CT molecular complexity index is 439. The molecule has 16 heavy (non-hydrogen) atoms. The Morgan fingerprint density at radius 1 is 1.38 bits per heavy atom. The minimum absolute atomic E-state index is 0.0407. The van der Waals surface area contributed by atoms with Crippen molar-refractivity contribution in [1.29, 1.82) is 0 Å². The van der Waals surface area contributed by atoms with Crippen LogP contribution >= 0.6 is 11.8 Å². The highest BCUT2D eigenvalue weighted by atomic mass is 32.2. The average Bonchev–Trinajstić information content (AvgIpc) is 2.74. The van der Waals surface area contributed by atoms with Gasteiger partial charge in [-0.3, -0.25) is 4.68 Å². The summed E-state index contributed by atoms with van der Waals surface area (Å²) in [6, 6.07) is 10.3. The zero-order valence-corrected chi connectivity index (χ0v) is 10.0. The summed E-state index contributed by atoms with van der Waals surface area (Å²) < 4.78 is 1.78. The number of nitrogens with two attached hydrogens (primary N) is 1. The first-order valence-electron chi connectivity index (χ1n) is 5.17. The van der Waals surface area contributed by atoms with E-state index in [0.717, 1.165) is 11.3 Å². The molecule has 1 heterocycles. The zero-order chi connectivity index (χ0) is 11.4. The molecule has 0 saturated heterocycles. The normalized spacial score (nSPS) is 12.6. The first-order chi connectivity index (χ1) is 7.75. The summed E-state index contributed by atoms with van der Waals surface area (Å²) >= 11 is 1.77. The molecule has 0 spiro atoms. The summed E-state index contributed by atoms with van der Waals surface area (Å²) in [4.78, 5) is 1.25. The Kier molecular flexibility index (Phi) is 3.64. The number of nitrogens with zero attached hydrogens (tertiary/aromatic N) is 2. The Morgan fingerprint density at radius 2 is 2.12 bits per heavy atom. The predicted molar refractivity (Wildman–Crippen MR) is 67.3 cm³/mol. The van der Waals surface area contributed by atoms with E-state index in [0.29, 0.717) is 0 Å². The summed E-state index contributed by atoms with van der Waals surface area (Å²) in [6.07, 6.45) is 3.80. The topological polar surface area (TPSA) is 43.8 Å². The van der Waals surface area contributed by atoms with Crippen molar-refractivity contribution in [3.05, 3.63) is 48.3 Å². The summed E-state index contributed by atoms with van der Waals surface area (Å²) in [5.74, 6) is 0.871. The molecule has 2 rings (SSSR count). The molecule has 0 aliphatic carbocycles. The Labute approximate surface area is 99.7 Å². The van der Waals surface area contributed by atoms with Gasteiger partial charge in [0, 0.05) is 35.5 Å². The number of hydrogen-bond acceptors (Lipinski definition) is 3. The molecular formula is C12H15N3S. The van der Waals surface area contributed by atoms with Crippen LogP contribution < -0.4 is 5.73 Å². The summed E-state index contributed by atoms with van der Waals surface area (Å²) in [7, 11) is 1.90. The maximum atomic E-state index is 6.08. The Hall–Kier alpha value is -1.26. The molecular weight excluding hydrogens is 218 g/mol. The predicted octanol–water partition coefficient (Wildman–Crippen LogP) is 2.21. The molecule has 3 nitrogen and oxygen atoms in total. The average molecular weight is 233 g/mol. The van der Waals surface area contributed by atoms with Gasteiger partial charge in [-0.25, -0.2) is 0 Å². The second-order valence-electron chi connectivity index (χ2n) is 3.68. The highest BCUT2D eigenvalue weighted by molar-refractivity contribution is 7.99. The lowest BCUT2D eigenvalue weighted by Gasteiger charge is -2.08. The van der Waals surface area contributed by atoms with Gasteiger partial charge in [0.15, 0.2) is 0 Å². The molecule has 4 heteroatoms. The van der Waals surface area contributed by atoms with Gasteiger partial charge < -0.3 is 5.73 Å². The van der Waals surface area contributed by atoms with Gasteiger partial charge in [-0.15, -0.1) is 11.8 Å². The smallest absolute Gasteiger partial charge is 0.0537 e. The molecule has 0 saturated carbocycles. The lowest BCUT2D eigenvalue weighted by atomic mass is 10.2. The van der Waals surface area contributed by atoms with Crippen LogP contribution in [0.5, 0.6) is 0 Å². The highest BCUT2D eigenvalue weighted by Crippen LogP contribution is 2.22. The van der Waals surface area contributed by atoms with Crippen molar-refractivity contribution in [3.63, 3.8) is 0 Å². The minimum Gasteiger partial charge on any atom is -0.323 e. The van der Waals surface area contributed by atoms with Crippen molar-refractivity contribution in [1.82, 2.24) is 9.78 Å². The number of benzene rings is 1. The summed E-state index contributed by atoms with van der Waals surface area (Å²) in [5.41, 5.74) is 7.17. The van der Waals surface area contributed by atoms with E-state index in [1.165, 1.54) is 4.90 Å². The molecule has 84 valence electrons. The summed E-state index contributed by atoms with van der Waals surface area (Å²) in [6.45, 7) is 0. The standard InChI is InChI=1S/C12H15N3S/c1-15-8-10(7-14-15)12(13)9-16-11-5-3-2-4-6-11/h2-8,12H,9,13H2,1H3. The van der Waals surface area contributed by atoms with E-state index in [9.17, 15) is 0 Å². The van der Waals surface area contributed by atoms with Gasteiger partial charge in [0.2, 0.25) is 0 Å². The van der Waals surface area contributed by atoms with Crippen LogP contribution in [0, 0.1) is 0 Å². The van der Waals surface area contributed by atoms with Crippen LogP contribution in [0.4, 0.5) is 0 Å². The van der Waals surface area contributed by atoms with Crippen LogP contribution in [0.15, 0.2) is 47.6 Å². The molecule has 0 aliphatic rings. The fraction of sp³-hybridized carbons (Fsp3) is 0.250. The molecule has 1 atom stereocenters. The minimum atomic E-state index is 0.0407. The molecule has 1 aromatic heterocycles. The van der Waals surface area contributed by atoms with Crippen molar-refractivity contribution in [2.45, 2.75) is 10.9 Å². The first-order valence-corrected chi connectivity index (χ1v) is 6.16. The third-order valence-corrected chi connectivity index (χ3v) is 3.46. The van der Waals surface area contributed by atoms with Crippen LogP contribution in [-0.4, -0.2) is 15.5 Å². The molecule has 0 aliphatic heterocycles. The first kappa shape index (κ1) is 11.2. The van der Waals surface area contributed by atoms with Gasteiger partial charge in [0.05, 0.1) is 6.20 Å². The van der Waals surface area contributed by atoms with Gasteiger partial charge >= 0.3 is 0 Å². The van der Waals surface area contributed by atoms with E-state index < -0.39 is 0 Å². The maximum absolute atomic E-state index is 6.08. The molecule has 2 aromatic rings. The molecule has 0 bridgehead atoms. The quantitative estimate of drug-likeness (QED) is 0.823. The SMILES string of the molecule is Cn1cc(C(N)CSc2ccccc2)cn1. The second kappa shape index (κ2) is 5.18. The Morgan fingerprint density at radius 3 is 2.75 bits per heavy atom. The molecule has 0 amide bonds. The van der Waals surface area contributed by atoms with Crippen molar-refractivity contribution in [3.8, 4) is 0 Å². The molecule has 1 unspecified atom stereocenters. The number of hydrogen-bond donors (Lipinski definition) is 1. The lowest BCUT2D eigenvalue weighted by molar-refractivity contribution is 0.763. The van der Waals surface area contributed by atoms with E-state index in [-0.39, 0.29) is 6.04 Å². The molecule has 0 radical (unpaired) electrons. The zero-order valence-electron chi connectivity index (χ0n) is 9.21. The number of aryl methyl sites for hydroxylation is 1. The van der Waals surface area contributed by atoms with Crippen LogP contribution in [-0.2, 0) is 7.05 Å². The van der Waals surface area contributed by atoms with Crippen LogP contribution in [0.2, 0.25) is 0 Å². The second-order valence-corrected chi connectivity index (χ2v) is 4.77. The number of rotatable bonds is 4. The lowest BCUT2D eigenvalue weighted by Crippen LogP contribution is -2.12. The van der Waals surface area contributed by atoms with Crippen molar-refractivity contribution in [2.75, 3.05) is 5.75 Å². The number of aromatic nitrogens is 2. The molecule has 1 aromatic carbocycles. The van der Waals surface area contributed by atoms with Gasteiger partial charge in [0.1, 0.15) is 0 Å². The van der Waals surface area contributed by atoms with Crippen LogP contribution in [0.25, 0.3) is 0 Å². The fourth-order valence-corrected chi connectivity index (χ4v) is 2.34. The van der Waals surface area contributed by atoms with Gasteiger partial charge in [-0.1, -0.05) is 18.2 Å². The van der Waals surface area contributed by atoms with Crippen LogP contribution in [0.1, 0.15) is 11.6 Å². The van der Waals surface area contributed by atoms with E-state index in [4.69, 9.17) is 5.73 Å². The van der Waals surface area contributed by atoms with E-state index in [2.05, 4.69) is 17.2 Å². The highest BCUT2D eigenvalue weighted by Gasteiger charge is 2.08. The number of thioether (sulfide) groups is 1. The maximum Gasteiger partial charge on any atom is 0.0537 e. The van der Waals surface area contributed by atoms with Gasteiger partial charge in [-0.05, 0) is 12.1 Å². The summed E-state index contributed by atoms with van der Waals surface area (Å²) in [5, 5.41) is 4.12. The fourth-order valence-electron chi connectivity index (χ4n) is 1.43. The largest absolute Gasteiger partial charge is 0.323 e. The monoisotopic (exact) mass is 233 g/mol. The van der Waals surface area contributed by atoms with Gasteiger partial charge in [0.25, 0.3) is 0 Å². The van der Waals surface area contributed by atoms with Crippen molar-refractivity contribution in [2.24, 2.45) is 12.8 Å². The van der Waals surface area contributed by atoms with Crippen molar-refractivity contribution >= 4 is 11.8 Å². The third-order valence-electron chi connectivity index (χ3n) is 2.33. The Balaban J connectivity index is 1.91.